The van der Waals surface area contributed by atoms with Crippen molar-refractivity contribution in [3.8, 4) is 23.7 Å². The van der Waals surface area contributed by atoms with E-state index in [-0.39, 0.29) is 0 Å². The summed E-state index contributed by atoms with van der Waals surface area (Å²) in [6.45, 7) is 2.78. The Balaban J connectivity index is 1.89. The molecule has 2 aliphatic rings. The summed E-state index contributed by atoms with van der Waals surface area (Å²) in [5.74, 6) is 11.5. The maximum Gasteiger partial charge on any atom is 0.147 e. The molecule has 0 radical (unpaired) electrons. The highest BCUT2D eigenvalue weighted by atomic mass is 16.5. The molecule has 8 N–H and O–H groups in total. The molecule has 0 saturated carbocycles. The second-order valence-corrected chi connectivity index (χ2v) is 8.91. The molecule has 1 aromatic rings. The van der Waals surface area contributed by atoms with Gasteiger partial charge in [0.05, 0.1) is 13.2 Å². The summed E-state index contributed by atoms with van der Waals surface area (Å²) in [5.41, 5.74) is 2.99. The van der Waals surface area contributed by atoms with Crippen molar-refractivity contribution in [2.24, 2.45) is 0 Å². The molecule has 0 bridgehead atoms. The van der Waals surface area contributed by atoms with Crippen LogP contribution < -0.4 is 0 Å². The lowest BCUT2D eigenvalue weighted by Gasteiger charge is -2.37. The molecular formula is C26H34O10. The Morgan fingerprint density at radius 3 is 1.28 bits per heavy atom. The highest BCUT2D eigenvalue weighted by molar-refractivity contribution is 5.53. The normalized spacial score (nSPS) is 36.4. The fourth-order valence-electron chi connectivity index (χ4n) is 4.25. The van der Waals surface area contributed by atoms with Crippen LogP contribution >= 0.6 is 0 Å². The van der Waals surface area contributed by atoms with Crippen LogP contribution in [0.25, 0.3) is 0 Å². The van der Waals surface area contributed by atoms with Crippen LogP contribution in [-0.2, 0) is 22.3 Å². The molecular weight excluding hydrogens is 472 g/mol. The third-order valence-electron chi connectivity index (χ3n) is 6.57. The summed E-state index contributed by atoms with van der Waals surface area (Å²) in [6.07, 6.45) is -11.9. The molecule has 2 saturated heterocycles. The van der Waals surface area contributed by atoms with Crippen LogP contribution in [0.4, 0.5) is 0 Å². The van der Waals surface area contributed by atoms with E-state index in [1.807, 2.05) is 26.0 Å². The minimum atomic E-state index is -1.51. The van der Waals surface area contributed by atoms with Crippen LogP contribution in [0.2, 0.25) is 0 Å². The Morgan fingerprint density at radius 2 is 0.972 bits per heavy atom. The standard InChI is InChI=1S/C26H34O10/c1-3-13-9-16(6-8-18-22(30)26(34)24(32)20(12-28)36-18)14(4-2)10-15(13)5-7-17-21(29)25(33)23(31)19(11-27)35-17/h9-10,17-34H,3-4,11-12H2,1-2H3/t17-,18-,19-,20-,21-,22-,23-,24-,25-,26-/m1/s1. The first-order chi connectivity index (χ1) is 17.2. The Morgan fingerprint density at radius 1 is 0.611 bits per heavy atom. The van der Waals surface area contributed by atoms with Crippen LogP contribution in [0.15, 0.2) is 12.1 Å². The summed E-state index contributed by atoms with van der Waals surface area (Å²) in [7, 11) is 0. The van der Waals surface area contributed by atoms with Crippen LogP contribution in [0.3, 0.4) is 0 Å². The van der Waals surface area contributed by atoms with Gasteiger partial charge >= 0.3 is 0 Å². The summed E-state index contributed by atoms with van der Waals surface area (Å²) >= 11 is 0. The largest absolute Gasteiger partial charge is 0.394 e. The molecule has 1 aromatic carbocycles. The summed E-state index contributed by atoms with van der Waals surface area (Å²) < 4.78 is 10.9. The van der Waals surface area contributed by atoms with Gasteiger partial charge in [-0.25, -0.2) is 0 Å². The van der Waals surface area contributed by atoms with E-state index in [1.165, 1.54) is 0 Å². The predicted molar refractivity (Wildman–Crippen MR) is 126 cm³/mol. The number of rotatable bonds is 4. The van der Waals surface area contributed by atoms with Gasteiger partial charge in [-0.2, -0.15) is 0 Å². The first kappa shape index (κ1) is 28.5. The van der Waals surface area contributed by atoms with E-state index >= 15 is 0 Å². The van der Waals surface area contributed by atoms with Crippen molar-refractivity contribution in [1.82, 2.24) is 0 Å². The van der Waals surface area contributed by atoms with Gasteiger partial charge in [0.2, 0.25) is 0 Å². The molecule has 0 aliphatic carbocycles. The average Bonchev–Trinajstić information content (AvgIpc) is 2.89. The van der Waals surface area contributed by atoms with Crippen LogP contribution in [0, 0.1) is 23.7 Å². The van der Waals surface area contributed by atoms with E-state index in [1.54, 1.807) is 0 Å². The molecule has 3 rings (SSSR count). The number of aryl methyl sites for hydroxylation is 2. The number of aliphatic hydroxyl groups is 8. The van der Waals surface area contributed by atoms with Crippen LogP contribution in [0.1, 0.15) is 36.1 Å². The third-order valence-corrected chi connectivity index (χ3v) is 6.57. The maximum absolute atomic E-state index is 10.2. The van der Waals surface area contributed by atoms with Crippen molar-refractivity contribution in [3.63, 3.8) is 0 Å². The average molecular weight is 507 g/mol. The smallest absolute Gasteiger partial charge is 0.147 e. The molecule has 0 amide bonds. The Bertz CT molecular complexity index is 936. The van der Waals surface area contributed by atoms with E-state index in [4.69, 9.17) is 9.47 Å². The molecule has 10 atom stereocenters. The number of hydrogen-bond donors (Lipinski definition) is 8. The second kappa shape index (κ2) is 12.5. The zero-order chi connectivity index (χ0) is 26.6. The fourth-order valence-corrected chi connectivity index (χ4v) is 4.25. The predicted octanol–water partition coefficient (Wildman–Crippen LogP) is -2.80. The molecule has 2 fully saturated rings. The van der Waals surface area contributed by atoms with Gasteiger partial charge in [-0.05, 0) is 36.1 Å². The van der Waals surface area contributed by atoms with Crippen molar-refractivity contribution < 1.29 is 50.3 Å². The van der Waals surface area contributed by atoms with E-state index in [0.29, 0.717) is 24.0 Å². The van der Waals surface area contributed by atoms with E-state index < -0.39 is 74.3 Å². The van der Waals surface area contributed by atoms with Gasteiger partial charge in [0.15, 0.2) is 0 Å². The lowest BCUT2D eigenvalue weighted by molar-refractivity contribution is -0.214. The SMILES string of the molecule is CCc1cc(C#C[C@H]2O[C@H](CO)[C@@H](O)[C@H](O)[C@@H]2O)c(CC)cc1C#C[C@H]1O[C@H](CO)[C@@H](O)[C@H](O)[C@@H]1O. The third kappa shape index (κ3) is 5.91. The second-order valence-electron chi connectivity index (χ2n) is 8.91. The molecule has 0 unspecified atom stereocenters. The van der Waals surface area contributed by atoms with Gasteiger partial charge in [0, 0.05) is 11.1 Å². The van der Waals surface area contributed by atoms with E-state index in [0.717, 1.165) is 11.1 Å². The van der Waals surface area contributed by atoms with Crippen LogP contribution in [-0.4, -0.2) is 115 Å². The van der Waals surface area contributed by atoms with Gasteiger partial charge in [-0.1, -0.05) is 37.5 Å². The van der Waals surface area contributed by atoms with Gasteiger partial charge in [-0.15, -0.1) is 0 Å². The number of hydrogen-bond acceptors (Lipinski definition) is 10. The van der Waals surface area contributed by atoms with E-state index in [9.17, 15) is 40.9 Å². The van der Waals surface area contributed by atoms with Crippen LogP contribution in [0.5, 0.6) is 0 Å². The molecule has 36 heavy (non-hydrogen) atoms. The highest BCUT2D eigenvalue weighted by Gasteiger charge is 2.43. The summed E-state index contributed by atoms with van der Waals surface area (Å²) in [4.78, 5) is 0. The highest BCUT2D eigenvalue weighted by Crippen LogP contribution is 2.23. The quantitative estimate of drug-likeness (QED) is 0.199. The maximum atomic E-state index is 10.2. The molecule has 10 heteroatoms. The van der Waals surface area contributed by atoms with Crippen molar-refractivity contribution in [1.29, 1.82) is 0 Å². The number of benzene rings is 1. The monoisotopic (exact) mass is 506 g/mol. The molecule has 0 spiro atoms. The number of aliphatic hydroxyl groups excluding tert-OH is 8. The van der Waals surface area contributed by atoms with E-state index in [2.05, 4.69) is 23.7 Å². The van der Waals surface area contributed by atoms with Crippen molar-refractivity contribution in [2.45, 2.75) is 87.7 Å². The van der Waals surface area contributed by atoms with Gasteiger partial charge in [0.25, 0.3) is 0 Å². The fraction of sp³-hybridized carbons (Fsp3) is 0.615. The van der Waals surface area contributed by atoms with Crippen molar-refractivity contribution in [3.05, 3.63) is 34.4 Å². The van der Waals surface area contributed by atoms with Gasteiger partial charge in [-0.3, -0.25) is 0 Å². The van der Waals surface area contributed by atoms with Gasteiger partial charge in [0.1, 0.15) is 61.0 Å². The lowest BCUT2D eigenvalue weighted by atomic mass is 9.93. The Hall–Kier alpha value is -2.06. The molecule has 198 valence electrons. The summed E-state index contributed by atoms with van der Waals surface area (Å²) in [6, 6.07) is 3.68. The first-order valence-electron chi connectivity index (χ1n) is 12.0. The van der Waals surface area contributed by atoms with Crippen molar-refractivity contribution in [2.75, 3.05) is 13.2 Å². The molecule has 2 aliphatic heterocycles. The molecule has 0 aromatic heterocycles. The zero-order valence-corrected chi connectivity index (χ0v) is 20.2. The van der Waals surface area contributed by atoms with Crippen molar-refractivity contribution >= 4 is 0 Å². The Kier molecular flexibility index (Phi) is 9.86. The minimum Gasteiger partial charge on any atom is -0.394 e. The zero-order valence-electron chi connectivity index (χ0n) is 20.2. The minimum absolute atomic E-state index is 0.537. The Labute approximate surface area is 209 Å². The molecule has 10 nitrogen and oxygen atoms in total. The number of ether oxygens (including phenoxy) is 2. The first-order valence-corrected chi connectivity index (χ1v) is 12.0. The topological polar surface area (TPSA) is 180 Å². The summed E-state index contributed by atoms with van der Waals surface area (Å²) in [5, 5.41) is 79.1. The molecule has 2 heterocycles. The lowest BCUT2D eigenvalue weighted by Crippen LogP contribution is -2.58. The van der Waals surface area contributed by atoms with Gasteiger partial charge < -0.3 is 50.3 Å².